The summed E-state index contributed by atoms with van der Waals surface area (Å²) in [4.78, 5) is 4.38. The van der Waals surface area contributed by atoms with E-state index in [0.717, 1.165) is 12.1 Å². The van der Waals surface area contributed by atoms with E-state index in [9.17, 15) is 8.42 Å². The van der Waals surface area contributed by atoms with Crippen LogP contribution in [0.15, 0.2) is 34.2 Å². The first-order valence-corrected chi connectivity index (χ1v) is 8.34. The van der Waals surface area contributed by atoms with Gasteiger partial charge in [0.1, 0.15) is 0 Å². The Hall–Kier alpha value is -0.870. The molecule has 126 valence electrons. The maximum Gasteiger partial charge on any atom is 0.240 e. The van der Waals surface area contributed by atoms with Crippen LogP contribution >= 0.6 is 24.0 Å². The van der Waals surface area contributed by atoms with Crippen LogP contribution in [0.3, 0.4) is 0 Å². The minimum atomic E-state index is -3.41. The summed E-state index contributed by atoms with van der Waals surface area (Å²) in [7, 11) is -0.303. The van der Waals surface area contributed by atoms with Gasteiger partial charge in [-0.05, 0) is 30.7 Å². The average Bonchev–Trinajstić information content (AvgIpc) is 2.47. The Morgan fingerprint density at radius 3 is 2.50 bits per heavy atom. The highest BCUT2D eigenvalue weighted by Crippen LogP contribution is 2.10. The van der Waals surface area contributed by atoms with Crippen molar-refractivity contribution in [3.63, 3.8) is 0 Å². The Morgan fingerprint density at radius 1 is 1.27 bits per heavy atom. The number of rotatable bonds is 6. The largest absolute Gasteiger partial charge is 0.356 e. The van der Waals surface area contributed by atoms with Crippen molar-refractivity contribution in [2.45, 2.75) is 25.3 Å². The molecule has 0 atom stereocenters. The lowest BCUT2D eigenvalue weighted by Crippen LogP contribution is -2.38. The zero-order valence-corrected chi connectivity index (χ0v) is 16.5. The predicted octanol–water partition coefficient (Wildman–Crippen LogP) is 1.53. The number of halogens is 1. The van der Waals surface area contributed by atoms with Crippen molar-refractivity contribution in [2.24, 2.45) is 10.9 Å². The first-order valence-electron chi connectivity index (χ1n) is 6.86. The highest BCUT2D eigenvalue weighted by molar-refractivity contribution is 14.0. The number of aliphatic imine (C=N–C) groups is 1. The van der Waals surface area contributed by atoms with Crippen LogP contribution in [0.4, 0.5) is 0 Å². The summed E-state index contributed by atoms with van der Waals surface area (Å²) in [6.45, 7) is 5.57. The fourth-order valence-corrected chi connectivity index (χ4v) is 2.45. The summed E-state index contributed by atoms with van der Waals surface area (Å²) in [6, 6.07) is 6.82. The maximum atomic E-state index is 11.8. The zero-order chi connectivity index (χ0) is 15.9. The Labute approximate surface area is 150 Å². The molecular formula is C14H25IN4O2S. The van der Waals surface area contributed by atoms with Gasteiger partial charge in [-0.25, -0.2) is 13.1 Å². The van der Waals surface area contributed by atoms with Gasteiger partial charge in [0.15, 0.2) is 5.96 Å². The van der Waals surface area contributed by atoms with E-state index in [1.807, 2.05) is 6.07 Å². The number of benzene rings is 1. The highest BCUT2D eigenvalue weighted by atomic mass is 127. The lowest BCUT2D eigenvalue weighted by atomic mass is 10.2. The van der Waals surface area contributed by atoms with Crippen LogP contribution in [-0.2, 0) is 16.6 Å². The molecule has 0 radical (unpaired) electrons. The number of guanidine groups is 1. The molecule has 1 rings (SSSR count). The van der Waals surface area contributed by atoms with Crippen molar-refractivity contribution in [1.29, 1.82) is 0 Å². The molecule has 0 aliphatic heterocycles. The van der Waals surface area contributed by atoms with Gasteiger partial charge in [-0.15, -0.1) is 24.0 Å². The molecule has 0 saturated heterocycles. The summed E-state index contributed by atoms with van der Waals surface area (Å²) in [5.74, 6) is 1.22. The fourth-order valence-electron chi connectivity index (χ4n) is 1.65. The van der Waals surface area contributed by atoms with Crippen molar-refractivity contribution >= 4 is 40.0 Å². The van der Waals surface area contributed by atoms with E-state index < -0.39 is 10.0 Å². The minimum absolute atomic E-state index is 0. The molecule has 6 nitrogen and oxygen atoms in total. The van der Waals surface area contributed by atoms with Crippen molar-refractivity contribution in [2.75, 3.05) is 20.6 Å². The summed E-state index contributed by atoms with van der Waals surface area (Å²) in [5.41, 5.74) is 0.874. The number of hydrogen-bond donors (Lipinski definition) is 3. The Balaban J connectivity index is 0.00000441. The fraction of sp³-hybridized carbons (Fsp3) is 0.500. The standard InChI is InChI=1S/C14H24N4O2S.HI/c1-11(2)9-17-14(15-3)18-10-12-6-5-7-13(8-12)21(19,20)16-4;/h5-8,11,16H,9-10H2,1-4H3,(H2,15,17,18);1H. The van der Waals surface area contributed by atoms with Gasteiger partial charge in [-0.3, -0.25) is 4.99 Å². The maximum absolute atomic E-state index is 11.8. The molecule has 0 amide bonds. The van der Waals surface area contributed by atoms with E-state index in [1.165, 1.54) is 7.05 Å². The van der Waals surface area contributed by atoms with E-state index in [-0.39, 0.29) is 28.9 Å². The van der Waals surface area contributed by atoms with E-state index in [4.69, 9.17) is 0 Å². The van der Waals surface area contributed by atoms with Crippen LogP contribution < -0.4 is 15.4 Å². The molecule has 0 aromatic heterocycles. The summed E-state index contributed by atoms with van der Waals surface area (Å²) in [5, 5.41) is 6.36. The minimum Gasteiger partial charge on any atom is -0.356 e. The average molecular weight is 440 g/mol. The predicted molar refractivity (Wildman–Crippen MR) is 101 cm³/mol. The quantitative estimate of drug-likeness (QED) is 0.356. The molecule has 0 aliphatic carbocycles. The molecule has 0 unspecified atom stereocenters. The van der Waals surface area contributed by atoms with Crippen molar-refractivity contribution < 1.29 is 8.42 Å². The molecule has 1 aromatic carbocycles. The van der Waals surface area contributed by atoms with E-state index in [0.29, 0.717) is 18.4 Å². The van der Waals surface area contributed by atoms with Gasteiger partial charge in [0, 0.05) is 20.1 Å². The molecule has 8 heteroatoms. The second-order valence-electron chi connectivity index (χ2n) is 5.06. The molecule has 22 heavy (non-hydrogen) atoms. The lowest BCUT2D eigenvalue weighted by molar-refractivity contribution is 0.588. The SMILES string of the molecule is CN=C(NCc1cccc(S(=O)(=O)NC)c1)NCC(C)C.I. The molecule has 0 aliphatic rings. The van der Waals surface area contributed by atoms with Crippen molar-refractivity contribution in [1.82, 2.24) is 15.4 Å². The Bertz CT molecular complexity index is 588. The van der Waals surface area contributed by atoms with Gasteiger partial charge >= 0.3 is 0 Å². The zero-order valence-electron chi connectivity index (χ0n) is 13.4. The van der Waals surface area contributed by atoms with Gasteiger partial charge in [0.25, 0.3) is 0 Å². The third-order valence-electron chi connectivity index (χ3n) is 2.84. The summed E-state index contributed by atoms with van der Waals surface area (Å²) in [6.07, 6.45) is 0. The molecule has 0 heterocycles. The molecule has 0 saturated carbocycles. The summed E-state index contributed by atoms with van der Waals surface area (Å²) < 4.78 is 25.8. The van der Waals surface area contributed by atoms with Gasteiger partial charge in [-0.1, -0.05) is 26.0 Å². The lowest BCUT2D eigenvalue weighted by Gasteiger charge is -2.13. The topological polar surface area (TPSA) is 82.6 Å². The van der Waals surface area contributed by atoms with Crippen LogP contribution in [0.5, 0.6) is 0 Å². The first-order chi connectivity index (χ1) is 9.89. The normalized spacial score (nSPS) is 12.0. The number of nitrogens with one attached hydrogen (secondary N) is 3. The second-order valence-corrected chi connectivity index (χ2v) is 6.94. The summed E-state index contributed by atoms with van der Waals surface area (Å²) >= 11 is 0. The Morgan fingerprint density at radius 2 is 1.95 bits per heavy atom. The van der Waals surface area contributed by atoms with E-state index in [2.05, 4.69) is 34.2 Å². The van der Waals surface area contributed by atoms with Gasteiger partial charge in [-0.2, -0.15) is 0 Å². The van der Waals surface area contributed by atoms with Crippen LogP contribution in [0, 0.1) is 5.92 Å². The van der Waals surface area contributed by atoms with Crippen LogP contribution in [0.25, 0.3) is 0 Å². The smallest absolute Gasteiger partial charge is 0.240 e. The van der Waals surface area contributed by atoms with E-state index >= 15 is 0 Å². The molecule has 1 aromatic rings. The molecule has 0 fully saturated rings. The van der Waals surface area contributed by atoms with E-state index in [1.54, 1.807) is 25.2 Å². The first kappa shape index (κ1) is 21.1. The molecular weight excluding hydrogens is 415 g/mol. The van der Waals surface area contributed by atoms with Crippen molar-refractivity contribution in [3.8, 4) is 0 Å². The Kier molecular flexibility index (Phi) is 9.61. The molecule has 0 spiro atoms. The highest BCUT2D eigenvalue weighted by Gasteiger charge is 2.11. The third-order valence-corrected chi connectivity index (χ3v) is 4.25. The monoisotopic (exact) mass is 440 g/mol. The second kappa shape index (κ2) is 10.0. The van der Waals surface area contributed by atoms with Crippen LogP contribution in [0.1, 0.15) is 19.4 Å². The molecule has 0 bridgehead atoms. The third kappa shape index (κ3) is 6.93. The number of hydrogen-bond acceptors (Lipinski definition) is 3. The van der Waals surface area contributed by atoms with Gasteiger partial charge in [0.2, 0.25) is 10.0 Å². The van der Waals surface area contributed by atoms with Gasteiger partial charge < -0.3 is 10.6 Å². The van der Waals surface area contributed by atoms with Crippen LogP contribution in [-0.4, -0.2) is 35.0 Å². The van der Waals surface area contributed by atoms with Crippen LogP contribution in [0.2, 0.25) is 0 Å². The van der Waals surface area contributed by atoms with Gasteiger partial charge in [0.05, 0.1) is 4.90 Å². The molecule has 3 N–H and O–H groups in total. The van der Waals surface area contributed by atoms with Crippen molar-refractivity contribution in [3.05, 3.63) is 29.8 Å². The number of nitrogens with zero attached hydrogens (tertiary/aromatic N) is 1. The number of sulfonamides is 1.